The molecular formula is C19H24O2. The van der Waals surface area contributed by atoms with E-state index in [1.165, 1.54) is 16.7 Å². The minimum Gasteiger partial charge on any atom is -0.497 e. The van der Waals surface area contributed by atoms with Crippen molar-refractivity contribution in [3.05, 3.63) is 65.2 Å². The van der Waals surface area contributed by atoms with Crippen molar-refractivity contribution in [2.75, 3.05) is 20.3 Å². The molecule has 21 heavy (non-hydrogen) atoms. The molecule has 0 radical (unpaired) electrons. The van der Waals surface area contributed by atoms with Crippen molar-refractivity contribution in [2.45, 2.75) is 26.2 Å². The molecule has 0 aliphatic heterocycles. The van der Waals surface area contributed by atoms with E-state index in [-0.39, 0.29) is 0 Å². The number of rotatable bonds is 8. The van der Waals surface area contributed by atoms with E-state index in [0.717, 1.165) is 38.2 Å². The van der Waals surface area contributed by atoms with Crippen LogP contribution >= 0.6 is 0 Å². The molecule has 0 N–H and O–H groups in total. The van der Waals surface area contributed by atoms with Gasteiger partial charge in [-0.1, -0.05) is 36.4 Å². The molecule has 2 aromatic rings. The quantitative estimate of drug-likeness (QED) is 0.681. The predicted molar refractivity (Wildman–Crippen MR) is 87.0 cm³/mol. The summed E-state index contributed by atoms with van der Waals surface area (Å²) in [7, 11) is 1.71. The van der Waals surface area contributed by atoms with Gasteiger partial charge in [0.15, 0.2) is 0 Å². The molecule has 0 saturated carbocycles. The minimum absolute atomic E-state index is 0.784. The third kappa shape index (κ3) is 4.91. The zero-order valence-electron chi connectivity index (χ0n) is 13.0. The normalized spacial score (nSPS) is 10.6. The van der Waals surface area contributed by atoms with Gasteiger partial charge in [-0.05, 0) is 55.0 Å². The lowest BCUT2D eigenvalue weighted by atomic mass is 9.98. The van der Waals surface area contributed by atoms with Crippen LogP contribution in [0.5, 0.6) is 5.75 Å². The maximum atomic E-state index is 5.47. The fourth-order valence-corrected chi connectivity index (χ4v) is 2.48. The molecule has 0 amide bonds. The second-order valence-electron chi connectivity index (χ2n) is 5.07. The van der Waals surface area contributed by atoms with E-state index >= 15 is 0 Å². The molecule has 0 atom stereocenters. The first-order valence-corrected chi connectivity index (χ1v) is 7.61. The van der Waals surface area contributed by atoms with Crippen LogP contribution in [0.4, 0.5) is 0 Å². The highest BCUT2D eigenvalue weighted by atomic mass is 16.5. The van der Waals surface area contributed by atoms with Gasteiger partial charge in [-0.25, -0.2) is 0 Å². The zero-order valence-corrected chi connectivity index (χ0v) is 13.0. The van der Waals surface area contributed by atoms with Gasteiger partial charge in [-0.15, -0.1) is 0 Å². The highest BCUT2D eigenvalue weighted by Crippen LogP contribution is 2.17. The number of ether oxygens (including phenoxy) is 2. The number of hydrogen-bond acceptors (Lipinski definition) is 2. The van der Waals surface area contributed by atoms with Crippen molar-refractivity contribution < 1.29 is 9.47 Å². The molecule has 0 aromatic heterocycles. The summed E-state index contributed by atoms with van der Waals surface area (Å²) in [6.45, 7) is 3.62. The predicted octanol–water partition coefficient (Wildman–Crippen LogP) is 4.06. The van der Waals surface area contributed by atoms with Gasteiger partial charge in [0.2, 0.25) is 0 Å². The van der Waals surface area contributed by atoms with Crippen molar-refractivity contribution in [3.8, 4) is 5.75 Å². The zero-order chi connectivity index (χ0) is 14.9. The largest absolute Gasteiger partial charge is 0.497 e. The van der Waals surface area contributed by atoms with E-state index < -0.39 is 0 Å². The minimum atomic E-state index is 0.784. The molecule has 2 rings (SSSR count). The Bertz CT molecular complexity index is 549. The van der Waals surface area contributed by atoms with Crippen molar-refractivity contribution in [2.24, 2.45) is 0 Å². The Morgan fingerprint density at radius 3 is 2.33 bits per heavy atom. The Hall–Kier alpha value is -1.80. The van der Waals surface area contributed by atoms with Crippen LogP contribution < -0.4 is 4.74 Å². The van der Waals surface area contributed by atoms with Crippen LogP contribution in [0.3, 0.4) is 0 Å². The summed E-state index contributed by atoms with van der Waals surface area (Å²) in [4.78, 5) is 0. The second-order valence-corrected chi connectivity index (χ2v) is 5.07. The Balaban J connectivity index is 1.98. The fourth-order valence-electron chi connectivity index (χ4n) is 2.48. The topological polar surface area (TPSA) is 18.5 Å². The highest BCUT2D eigenvalue weighted by molar-refractivity contribution is 5.31. The maximum absolute atomic E-state index is 5.47. The van der Waals surface area contributed by atoms with E-state index in [4.69, 9.17) is 9.47 Å². The van der Waals surface area contributed by atoms with Crippen molar-refractivity contribution >= 4 is 0 Å². The molecule has 2 aromatic carbocycles. The first-order chi connectivity index (χ1) is 10.3. The van der Waals surface area contributed by atoms with E-state index in [1.54, 1.807) is 7.11 Å². The van der Waals surface area contributed by atoms with Crippen LogP contribution in [-0.4, -0.2) is 20.3 Å². The maximum Gasteiger partial charge on any atom is 0.119 e. The molecule has 0 heterocycles. The van der Waals surface area contributed by atoms with Crippen LogP contribution in [-0.2, 0) is 24.0 Å². The number of methoxy groups -OCH3 is 1. The average molecular weight is 284 g/mol. The lowest BCUT2D eigenvalue weighted by Crippen LogP contribution is -2.02. The second kappa shape index (κ2) is 8.48. The number of benzene rings is 2. The van der Waals surface area contributed by atoms with Gasteiger partial charge in [0.05, 0.1) is 13.7 Å². The smallest absolute Gasteiger partial charge is 0.119 e. The van der Waals surface area contributed by atoms with E-state index in [2.05, 4.69) is 42.5 Å². The van der Waals surface area contributed by atoms with Crippen molar-refractivity contribution in [1.82, 2.24) is 0 Å². The summed E-state index contributed by atoms with van der Waals surface area (Å²) >= 11 is 0. The lowest BCUT2D eigenvalue weighted by Gasteiger charge is -2.10. The molecule has 112 valence electrons. The first kappa shape index (κ1) is 15.6. The van der Waals surface area contributed by atoms with Crippen molar-refractivity contribution in [3.63, 3.8) is 0 Å². The highest BCUT2D eigenvalue weighted by Gasteiger charge is 2.03. The molecule has 0 spiro atoms. The molecule has 0 fully saturated rings. The molecule has 0 saturated heterocycles. The number of hydrogen-bond donors (Lipinski definition) is 0. The van der Waals surface area contributed by atoms with Gasteiger partial charge < -0.3 is 9.47 Å². The molecule has 2 nitrogen and oxygen atoms in total. The summed E-state index contributed by atoms with van der Waals surface area (Å²) < 4.78 is 10.7. The van der Waals surface area contributed by atoms with Gasteiger partial charge >= 0.3 is 0 Å². The van der Waals surface area contributed by atoms with E-state index in [9.17, 15) is 0 Å². The van der Waals surface area contributed by atoms with Crippen LogP contribution in [0, 0.1) is 0 Å². The van der Waals surface area contributed by atoms with Gasteiger partial charge in [-0.3, -0.25) is 0 Å². The van der Waals surface area contributed by atoms with Crippen LogP contribution in [0.1, 0.15) is 23.6 Å². The fraction of sp³-hybridized carbons (Fsp3) is 0.368. The first-order valence-electron chi connectivity index (χ1n) is 7.61. The van der Waals surface area contributed by atoms with E-state index in [0.29, 0.717) is 0 Å². The average Bonchev–Trinajstić information content (AvgIpc) is 2.54. The Morgan fingerprint density at radius 1 is 0.857 bits per heavy atom. The molecule has 0 bridgehead atoms. The number of aryl methyl sites for hydroxylation is 2. The van der Waals surface area contributed by atoms with Crippen LogP contribution in [0.15, 0.2) is 48.5 Å². The summed E-state index contributed by atoms with van der Waals surface area (Å²) in [5.41, 5.74) is 4.13. The standard InChI is InChI=1S/C19H24O2/c1-3-21-14-13-18-9-5-4-8-17(18)12-11-16-7-6-10-19(15-16)20-2/h4-10,15H,3,11-14H2,1-2H3. The van der Waals surface area contributed by atoms with Gasteiger partial charge in [0.25, 0.3) is 0 Å². The van der Waals surface area contributed by atoms with Gasteiger partial charge in [-0.2, -0.15) is 0 Å². The molecule has 2 heteroatoms. The molecular weight excluding hydrogens is 260 g/mol. The Kier molecular flexibility index (Phi) is 6.29. The van der Waals surface area contributed by atoms with E-state index in [1.807, 2.05) is 13.0 Å². The van der Waals surface area contributed by atoms with Gasteiger partial charge in [0, 0.05) is 6.61 Å². The molecule has 0 aliphatic carbocycles. The molecule has 0 aliphatic rings. The Morgan fingerprint density at radius 2 is 1.62 bits per heavy atom. The third-order valence-electron chi connectivity index (χ3n) is 3.66. The summed E-state index contributed by atoms with van der Waals surface area (Å²) in [6.07, 6.45) is 3.07. The lowest BCUT2D eigenvalue weighted by molar-refractivity contribution is 0.151. The summed E-state index contributed by atoms with van der Waals surface area (Å²) in [6, 6.07) is 17.0. The van der Waals surface area contributed by atoms with Gasteiger partial charge in [0.1, 0.15) is 5.75 Å². The monoisotopic (exact) mass is 284 g/mol. The Labute approximate surface area is 127 Å². The van der Waals surface area contributed by atoms with Crippen LogP contribution in [0.2, 0.25) is 0 Å². The third-order valence-corrected chi connectivity index (χ3v) is 3.66. The SMILES string of the molecule is CCOCCc1ccccc1CCc1cccc(OC)c1. The summed E-state index contributed by atoms with van der Waals surface area (Å²) in [5.74, 6) is 0.928. The summed E-state index contributed by atoms with van der Waals surface area (Å²) in [5, 5.41) is 0. The van der Waals surface area contributed by atoms with Crippen LogP contribution in [0.25, 0.3) is 0 Å². The molecule has 0 unspecified atom stereocenters. The van der Waals surface area contributed by atoms with Crippen molar-refractivity contribution in [1.29, 1.82) is 0 Å².